The van der Waals surface area contributed by atoms with E-state index in [1.807, 2.05) is 0 Å². The summed E-state index contributed by atoms with van der Waals surface area (Å²) in [4.78, 5) is 3.93. The van der Waals surface area contributed by atoms with Gasteiger partial charge in [-0.1, -0.05) is 11.6 Å². The number of hydrogen-bond acceptors (Lipinski definition) is 2. The molecule has 1 aromatic carbocycles. The van der Waals surface area contributed by atoms with Crippen LogP contribution in [0.1, 0.15) is 0 Å². The van der Waals surface area contributed by atoms with Gasteiger partial charge in [0, 0.05) is 23.1 Å². The molecule has 5 heteroatoms. The third kappa shape index (κ3) is 2.71. The molecule has 0 aliphatic carbocycles. The molecule has 82 valence electrons. The van der Waals surface area contributed by atoms with Crippen LogP contribution in [0.2, 0.25) is 5.02 Å². The Morgan fingerprint density at radius 3 is 2.81 bits per heavy atom. The zero-order chi connectivity index (χ0) is 11.5. The lowest BCUT2D eigenvalue weighted by atomic mass is 10.3. The molecule has 1 heterocycles. The molecular weight excluding hydrogens is 294 g/mol. The number of pyridine rings is 1. The molecule has 0 spiro atoms. The molecule has 0 bridgehead atoms. The van der Waals surface area contributed by atoms with Gasteiger partial charge in [0.2, 0.25) is 0 Å². The molecule has 0 fully saturated rings. The molecule has 1 N–H and O–H groups in total. The van der Waals surface area contributed by atoms with Crippen LogP contribution in [0.25, 0.3) is 0 Å². The van der Waals surface area contributed by atoms with Gasteiger partial charge in [-0.3, -0.25) is 4.98 Å². The van der Waals surface area contributed by atoms with Gasteiger partial charge in [0.25, 0.3) is 0 Å². The molecule has 0 saturated heterocycles. The second kappa shape index (κ2) is 4.80. The van der Waals surface area contributed by atoms with Crippen molar-refractivity contribution in [2.75, 3.05) is 5.32 Å². The lowest BCUT2D eigenvalue weighted by Crippen LogP contribution is -1.92. The molecule has 2 aromatic rings. The van der Waals surface area contributed by atoms with Gasteiger partial charge in [-0.05, 0) is 40.2 Å². The van der Waals surface area contributed by atoms with Crippen molar-refractivity contribution >= 4 is 38.9 Å². The monoisotopic (exact) mass is 300 g/mol. The molecule has 0 aliphatic rings. The first kappa shape index (κ1) is 11.4. The second-order valence-corrected chi connectivity index (χ2v) is 4.43. The number of rotatable bonds is 2. The maximum Gasteiger partial charge on any atom is 0.126 e. The van der Waals surface area contributed by atoms with E-state index >= 15 is 0 Å². The molecule has 0 amide bonds. The van der Waals surface area contributed by atoms with Gasteiger partial charge in [-0.25, -0.2) is 4.39 Å². The number of anilines is 2. The Balaban J connectivity index is 2.30. The van der Waals surface area contributed by atoms with Gasteiger partial charge in [0.15, 0.2) is 0 Å². The van der Waals surface area contributed by atoms with E-state index in [-0.39, 0.29) is 5.82 Å². The first-order valence-corrected chi connectivity index (χ1v) is 5.65. The highest BCUT2D eigenvalue weighted by Crippen LogP contribution is 2.26. The first-order valence-electron chi connectivity index (χ1n) is 4.48. The fraction of sp³-hybridized carbons (Fsp3) is 0. The summed E-state index contributed by atoms with van der Waals surface area (Å²) in [6.45, 7) is 0. The zero-order valence-electron chi connectivity index (χ0n) is 8.05. The molecule has 1 aromatic heterocycles. The molecular formula is C11H7BrClFN2. The SMILES string of the molecule is Fc1cc(Cl)cc(Nc2ccncc2Br)c1. The molecule has 0 aliphatic heterocycles. The van der Waals surface area contributed by atoms with Crippen LogP contribution in [0.4, 0.5) is 15.8 Å². The third-order valence-corrected chi connectivity index (χ3v) is 2.76. The standard InChI is InChI=1S/C11H7BrClFN2/c12-10-6-15-2-1-11(10)16-9-4-7(13)3-8(14)5-9/h1-6H,(H,15,16). The van der Waals surface area contributed by atoms with Crippen LogP contribution in [-0.2, 0) is 0 Å². The van der Waals surface area contributed by atoms with Gasteiger partial charge in [-0.2, -0.15) is 0 Å². The number of nitrogens with zero attached hydrogens (tertiary/aromatic N) is 1. The van der Waals surface area contributed by atoms with Crippen molar-refractivity contribution in [3.63, 3.8) is 0 Å². The van der Waals surface area contributed by atoms with Crippen molar-refractivity contribution in [2.45, 2.75) is 0 Å². The lowest BCUT2D eigenvalue weighted by Gasteiger charge is -2.08. The first-order chi connectivity index (χ1) is 7.65. The second-order valence-electron chi connectivity index (χ2n) is 3.14. The van der Waals surface area contributed by atoms with E-state index in [1.54, 1.807) is 24.5 Å². The summed E-state index contributed by atoms with van der Waals surface area (Å²) in [5.41, 5.74) is 1.40. The van der Waals surface area contributed by atoms with Gasteiger partial charge in [-0.15, -0.1) is 0 Å². The van der Waals surface area contributed by atoms with Crippen LogP contribution in [0.15, 0.2) is 41.1 Å². The molecule has 2 nitrogen and oxygen atoms in total. The van der Waals surface area contributed by atoms with Crippen LogP contribution < -0.4 is 5.32 Å². The number of halogens is 3. The minimum Gasteiger partial charge on any atom is -0.354 e. The van der Waals surface area contributed by atoms with E-state index in [4.69, 9.17) is 11.6 Å². The average Bonchev–Trinajstić information content (AvgIpc) is 2.20. The topological polar surface area (TPSA) is 24.9 Å². The highest BCUT2D eigenvalue weighted by Gasteiger charge is 2.02. The van der Waals surface area contributed by atoms with Crippen LogP contribution in [0.3, 0.4) is 0 Å². The Morgan fingerprint density at radius 1 is 1.31 bits per heavy atom. The molecule has 0 saturated carbocycles. The minimum atomic E-state index is -0.375. The summed E-state index contributed by atoms with van der Waals surface area (Å²) in [6, 6.07) is 6.06. The summed E-state index contributed by atoms with van der Waals surface area (Å²) in [5, 5.41) is 3.40. The minimum absolute atomic E-state index is 0.354. The van der Waals surface area contributed by atoms with Crippen LogP contribution in [-0.4, -0.2) is 4.98 Å². The van der Waals surface area contributed by atoms with Crippen molar-refractivity contribution in [1.29, 1.82) is 0 Å². The van der Waals surface area contributed by atoms with E-state index in [9.17, 15) is 4.39 Å². The van der Waals surface area contributed by atoms with Crippen molar-refractivity contribution in [3.8, 4) is 0 Å². The molecule has 0 atom stereocenters. The normalized spacial score (nSPS) is 10.2. The van der Waals surface area contributed by atoms with E-state index in [0.717, 1.165) is 10.2 Å². The van der Waals surface area contributed by atoms with E-state index in [0.29, 0.717) is 10.7 Å². The number of nitrogens with one attached hydrogen (secondary N) is 1. The van der Waals surface area contributed by atoms with Gasteiger partial charge in [0.05, 0.1) is 10.2 Å². The summed E-state index contributed by atoms with van der Waals surface area (Å²) in [7, 11) is 0. The van der Waals surface area contributed by atoms with E-state index < -0.39 is 0 Å². The van der Waals surface area contributed by atoms with Crippen molar-refractivity contribution in [2.24, 2.45) is 0 Å². The Labute approximate surface area is 106 Å². The predicted octanol–water partition coefficient (Wildman–Crippen LogP) is 4.38. The van der Waals surface area contributed by atoms with Crippen molar-refractivity contribution in [1.82, 2.24) is 4.98 Å². The van der Waals surface area contributed by atoms with Crippen LogP contribution in [0.5, 0.6) is 0 Å². The smallest absolute Gasteiger partial charge is 0.126 e. The fourth-order valence-corrected chi connectivity index (χ4v) is 1.83. The quantitative estimate of drug-likeness (QED) is 0.890. The number of benzene rings is 1. The van der Waals surface area contributed by atoms with E-state index in [2.05, 4.69) is 26.2 Å². The molecule has 0 unspecified atom stereocenters. The Morgan fingerprint density at radius 2 is 2.12 bits per heavy atom. The van der Waals surface area contributed by atoms with E-state index in [1.165, 1.54) is 12.1 Å². The van der Waals surface area contributed by atoms with Crippen molar-refractivity contribution < 1.29 is 4.39 Å². The zero-order valence-corrected chi connectivity index (χ0v) is 10.4. The maximum absolute atomic E-state index is 13.1. The predicted molar refractivity (Wildman–Crippen MR) is 66.6 cm³/mol. The third-order valence-electron chi connectivity index (χ3n) is 1.91. The van der Waals surface area contributed by atoms with Gasteiger partial charge < -0.3 is 5.32 Å². The molecule has 16 heavy (non-hydrogen) atoms. The van der Waals surface area contributed by atoms with Gasteiger partial charge in [0.1, 0.15) is 5.82 Å². The van der Waals surface area contributed by atoms with Crippen LogP contribution in [0, 0.1) is 5.82 Å². The summed E-state index contributed by atoms with van der Waals surface area (Å²) < 4.78 is 13.9. The Hall–Kier alpha value is -1.13. The van der Waals surface area contributed by atoms with Crippen molar-refractivity contribution in [3.05, 3.63) is 52.0 Å². The highest BCUT2D eigenvalue weighted by molar-refractivity contribution is 9.10. The lowest BCUT2D eigenvalue weighted by molar-refractivity contribution is 0.628. The largest absolute Gasteiger partial charge is 0.354 e. The Bertz CT molecular complexity index is 499. The van der Waals surface area contributed by atoms with Crippen LogP contribution >= 0.6 is 27.5 Å². The fourth-order valence-electron chi connectivity index (χ4n) is 1.26. The average molecular weight is 302 g/mol. The summed E-state index contributed by atoms with van der Waals surface area (Å²) in [5.74, 6) is -0.375. The maximum atomic E-state index is 13.1. The molecule has 2 rings (SSSR count). The molecule has 0 radical (unpaired) electrons. The summed E-state index contributed by atoms with van der Waals surface area (Å²) >= 11 is 9.09. The number of hydrogen-bond donors (Lipinski definition) is 1. The van der Waals surface area contributed by atoms with Gasteiger partial charge >= 0.3 is 0 Å². The Kier molecular flexibility index (Phi) is 3.41. The number of aromatic nitrogens is 1. The summed E-state index contributed by atoms with van der Waals surface area (Å²) in [6.07, 6.45) is 3.30. The highest BCUT2D eigenvalue weighted by atomic mass is 79.9.